The van der Waals surface area contributed by atoms with Gasteiger partial charge in [0.15, 0.2) is 0 Å². The van der Waals surface area contributed by atoms with Gasteiger partial charge in [0.25, 0.3) is 0 Å². The molecule has 0 saturated heterocycles. The molecular weight excluding hydrogens is 380 g/mol. The molecule has 1 aromatic heterocycles. The minimum absolute atomic E-state index is 0.399. The summed E-state index contributed by atoms with van der Waals surface area (Å²) in [6, 6.07) is 15.5. The zero-order valence-electron chi connectivity index (χ0n) is 15.2. The van der Waals surface area contributed by atoms with Crippen LogP contribution in [0.3, 0.4) is 0 Å². The molecule has 0 aliphatic rings. The predicted molar refractivity (Wildman–Crippen MR) is 105 cm³/mol. The zero-order chi connectivity index (χ0) is 19.9. The van der Waals surface area contributed by atoms with Gasteiger partial charge in [0.05, 0.1) is 12.4 Å². The molecule has 1 unspecified atom stereocenters. The number of anilines is 1. The van der Waals surface area contributed by atoms with E-state index in [2.05, 4.69) is 26.2 Å². The summed E-state index contributed by atoms with van der Waals surface area (Å²) in [5.74, 6) is 0.129. The lowest BCUT2D eigenvalue weighted by Crippen LogP contribution is -2.38. The van der Waals surface area contributed by atoms with Gasteiger partial charge in [0.1, 0.15) is 11.4 Å². The molecule has 1 atom stereocenters. The number of nitrogens with zero attached hydrogens (tertiary/aromatic N) is 4. The first-order chi connectivity index (χ1) is 13.6. The summed E-state index contributed by atoms with van der Waals surface area (Å²) >= 11 is 1.13. The van der Waals surface area contributed by atoms with Gasteiger partial charge in [0.2, 0.25) is 11.1 Å². The fourth-order valence-corrected chi connectivity index (χ4v) is 3.12. The molecule has 0 bridgehead atoms. The van der Waals surface area contributed by atoms with E-state index in [-0.39, 0.29) is 0 Å². The minimum Gasteiger partial charge on any atom is -0.494 e. The second-order valence-electron chi connectivity index (χ2n) is 5.61. The predicted octanol–water partition coefficient (Wildman–Crippen LogP) is 2.50. The van der Waals surface area contributed by atoms with E-state index in [0.29, 0.717) is 22.3 Å². The lowest BCUT2D eigenvalue weighted by Gasteiger charge is -2.12. The van der Waals surface area contributed by atoms with Crippen molar-refractivity contribution < 1.29 is 14.3 Å². The molecule has 3 rings (SSSR count). The van der Waals surface area contributed by atoms with Gasteiger partial charge >= 0.3 is 6.03 Å². The number of carbonyl (C=O) groups is 2. The second-order valence-corrected chi connectivity index (χ2v) is 6.92. The number of hydrogen-bond acceptors (Lipinski definition) is 7. The number of para-hydroxylation sites is 3. The van der Waals surface area contributed by atoms with Gasteiger partial charge < -0.3 is 10.1 Å². The van der Waals surface area contributed by atoms with Crippen LogP contribution in [0, 0.1) is 0 Å². The number of amides is 3. The number of tetrazole rings is 1. The average Bonchev–Trinajstić information content (AvgIpc) is 3.16. The SMILES string of the molecule is COc1ccccc1-n1nnnc1SC(C)C(=O)NC(=O)Nc1ccccc1. The summed E-state index contributed by atoms with van der Waals surface area (Å²) in [6.45, 7) is 1.66. The summed E-state index contributed by atoms with van der Waals surface area (Å²) in [6.07, 6.45) is 0. The van der Waals surface area contributed by atoms with Crippen LogP contribution in [0.4, 0.5) is 10.5 Å². The molecule has 0 saturated carbocycles. The molecule has 0 aliphatic heterocycles. The van der Waals surface area contributed by atoms with Crippen molar-refractivity contribution in [2.24, 2.45) is 0 Å². The van der Waals surface area contributed by atoms with E-state index >= 15 is 0 Å². The smallest absolute Gasteiger partial charge is 0.325 e. The Morgan fingerprint density at radius 1 is 1.11 bits per heavy atom. The highest BCUT2D eigenvalue weighted by atomic mass is 32.2. The van der Waals surface area contributed by atoms with E-state index in [1.165, 1.54) is 4.68 Å². The Morgan fingerprint density at radius 2 is 1.82 bits per heavy atom. The Labute approximate surface area is 165 Å². The van der Waals surface area contributed by atoms with E-state index < -0.39 is 17.2 Å². The maximum absolute atomic E-state index is 12.3. The standard InChI is InChI=1S/C18H18N6O3S/c1-12(16(25)20-17(26)19-13-8-4-3-5-9-13)28-18-21-22-23-24(18)14-10-6-7-11-15(14)27-2/h3-12H,1-2H3,(H2,19,20,25,26). The van der Waals surface area contributed by atoms with E-state index in [0.717, 1.165) is 11.8 Å². The van der Waals surface area contributed by atoms with E-state index in [1.807, 2.05) is 18.2 Å². The summed E-state index contributed by atoms with van der Waals surface area (Å²) < 4.78 is 6.81. The van der Waals surface area contributed by atoms with E-state index in [4.69, 9.17) is 4.74 Å². The van der Waals surface area contributed by atoms with Gasteiger partial charge in [-0.1, -0.05) is 42.1 Å². The first-order valence-electron chi connectivity index (χ1n) is 8.34. The van der Waals surface area contributed by atoms with Gasteiger partial charge in [-0.05, 0) is 41.6 Å². The van der Waals surface area contributed by atoms with Crippen molar-refractivity contribution in [3.8, 4) is 11.4 Å². The number of methoxy groups -OCH3 is 1. The molecule has 0 radical (unpaired) electrons. The largest absolute Gasteiger partial charge is 0.494 e. The van der Waals surface area contributed by atoms with Crippen LogP contribution < -0.4 is 15.4 Å². The van der Waals surface area contributed by atoms with Crippen molar-refractivity contribution in [2.45, 2.75) is 17.3 Å². The van der Waals surface area contributed by atoms with Crippen molar-refractivity contribution in [3.63, 3.8) is 0 Å². The Morgan fingerprint density at radius 3 is 2.57 bits per heavy atom. The third-order valence-electron chi connectivity index (χ3n) is 3.67. The second kappa shape index (κ2) is 9.00. The number of hydrogen-bond donors (Lipinski definition) is 2. The molecule has 0 aliphatic carbocycles. The van der Waals surface area contributed by atoms with Crippen molar-refractivity contribution in [3.05, 3.63) is 54.6 Å². The normalized spacial score (nSPS) is 11.5. The fraction of sp³-hybridized carbons (Fsp3) is 0.167. The maximum Gasteiger partial charge on any atom is 0.325 e. The molecule has 10 heteroatoms. The molecule has 3 aromatic rings. The Bertz CT molecular complexity index is 963. The third-order valence-corrected chi connectivity index (χ3v) is 4.71. The Balaban J connectivity index is 1.65. The summed E-state index contributed by atoms with van der Waals surface area (Å²) in [5.41, 5.74) is 1.24. The van der Waals surface area contributed by atoms with Crippen LogP contribution in [0.15, 0.2) is 59.8 Å². The fourth-order valence-electron chi connectivity index (χ4n) is 2.32. The van der Waals surface area contributed by atoms with Crippen molar-refractivity contribution in [1.82, 2.24) is 25.5 Å². The van der Waals surface area contributed by atoms with Crippen molar-refractivity contribution >= 4 is 29.4 Å². The molecule has 28 heavy (non-hydrogen) atoms. The lowest BCUT2D eigenvalue weighted by molar-refractivity contribution is -0.119. The molecular formula is C18H18N6O3S. The summed E-state index contributed by atoms with van der Waals surface area (Å²) in [4.78, 5) is 24.3. The summed E-state index contributed by atoms with van der Waals surface area (Å²) in [7, 11) is 1.55. The molecule has 0 fully saturated rings. The maximum atomic E-state index is 12.3. The van der Waals surface area contributed by atoms with Gasteiger partial charge in [-0.3, -0.25) is 10.1 Å². The Kier molecular flexibility index (Phi) is 6.22. The van der Waals surface area contributed by atoms with E-state index in [9.17, 15) is 9.59 Å². The molecule has 3 amide bonds. The van der Waals surface area contributed by atoms with Crippen molar-refractivity contribution in [1.29, 1.82) is 0 Å². The number of carbonyl (C=O) groups excluding carboxylic acids is 2. The van der Waals surface area contributed by atoms with Crippen LogP contribution >= 0.6 is 11.8 Å². The van der Waals surface area contributed by atoms with Crippen LogP contribution in [-0.2, 0) is 4.79 Å². The minimum atomic E-state index is -0.610. The zero-order valence-corrected chi connectivity index (χ0v) is 16.0. The van der Waals surface area contributed by atoms with E-state index in [1.54, 1.807) is 50.4 Å². The number of ether oxygens (including phenoxy) is 1. The first-order valence-corrected chi connectivity index (χ1v) is 9.21. The topological polar surface area (TPSA) is 111 Å². The number of thioether (sulfide) groups is 1. The monoisotopic (exact) mass is 398 g/mol. The molecule has 1 heterocycles. The molecule has 9 nitrogen and oxygen atoms in total. The lowest BCUT2D eigenvalue weighted by atomic mass is 10.3. The van der Waals surface area contributed by atoms with Crippen LogP contribution in [0.1, 0.15) is 6.92 Å². The molecule has 0 spiro atoms. The van der Waals surface area contributed by atoms with Gasteiger partial charge in [0, 0.05) is 5.69 Å². The number of urea groups is 1. The van der Waals surface area contributed by atoms with Gasteiger partial charge in [-0.25, -0.2) is 4.79 Å². The highest BCUT2D eigenvalue weighted by molar-refractivity contribution is 8.00. The highest BCUT2D eigenvalue weighted by Gasteiger charge is 2.22. The van der Waals surface area contributed by atoms with Crippen LogP contribution in [-0.4, -0.2) is 44.5 Å². The molecule has 2 N–H and O–H groups in total. The van der Waals surface area contributed by atoms with Crippen LogP contribution in [0.2, 0.25) is 0 Å². The average molecular weight is 398 g/mol. The van der Waals surface area contributed by atoms with Crippen LogP contribution in [0.5, 0.6) is 5.75 Å². The van der Waals surface area contributed by atoms with Crippen molar-refractivity contribution in [2.75, 3.05) is 12.4 Å². The molecule has 2 aromatic carbocycles. The quantitative estimate of drug-likeness (QED) is 0.614. The number of aromatic nitrogens is 4. The number of nitrogens with one attached hydrogen (secondary N) is 2. The first kappa shape index (κ1) is 19.4. The summed E-state index contributed by atoms with van der Waals surface area (Å²) in [5, 5.41) is 16.3. The van der Waals surface area contributed by atoms with Gasteiger partial charge in [-0.15, -0.1) is 5.10 Å². The molecule has 144 valence electrons. The van der Waals surface area contributed by atoms with Crippen LogP contribution in [0.25, 0.3) is 5.69 Å². The number of imide groups is 1. The Hall–Kier alpha value is -3.40. The number of rotatable bonds is 6. The third kappa shape index (κ3) is 4.65. The highest BCUT2D eigenvalue weighted by Crippen LogP contribution is 2.27. The van der Waals surface area contributed by atoms with Gasteiger partial charge in [-0.2, -0.15) is 4.68 Å². The number of benzene rings is 2.